The lowest BCUT2D eigenvalue weighted by Crippen LogP contribution is -2.58. The molecule has 2 atom stereocenters. The zero-order valence-electron chi connectivity index (χ0n) is 8.59. The van der Waals surface area contributed by atoms with Gasteiger partial charge in [0, 0.05) is 16.5 Å². The number of nitrogens with one attached hydrogen (secondary N) is 1. The fraction of sp³-hybridized carbons (Fsp3) is 0.889. The van der Waals surface area contributed by atoms with Gasteiger partial charge in [0.2, 0.25) is 0 Å². The van der Waals surface area contributed by atoms with Crippen LogP contribution in [-0.2, 0) is 9.53 Å². The van der Waals surface area contributed by atoms with Crippen LogP contribution in [0.1, 0.15) is 20.8 Å². The molecule has 1 aliphatic rings. The third-order valence-corrected chi connectivity index (χ3v) is 4.00. The molecule has 2 unspecified atom stereocenters. The van der Waals surface area contributed by atoms with E-state index in [0.717, 1.165) is 5.75 Å². The number of hydrogen-bond acceptors (Lipinski definition) is 4. The molecule has 1 aliphatic heterocycles. The van der Waals surface area contributed by atoms with Crippen molar-refractivity contribution in [2.45, 2.75) is 37.6 Å². The van der Waals surface area contributed by atoms with Crippen LogP contribution in [-0.4, -0.2) is 35.7 Å². The van der Waals surface area contributed by atoms with E-state index in [1.165, 1.54) is 7.11 Å². The summed E-state index contributed by atoms with van der Waals surface area (Å²) in [6.07, 6.45) is 0. The Balaban J connectivity index is 2.37. The molecule has 3 nitrogen and oxygen atoms in total. The topological polar surface area (TPSA) is 38.3 Å². The number of esters is 1. The van der Waals surface area contributed by atoms with Crippen molar-refractivity contribution < 1.29 is 9.53 Å². The highest BCUT2D eigenvalue weighted by Gasteiger charge is 2.40. The first-order chi connectivity index (χ1) is 5.97. The molecule has 76 valence electrons. The molecule has 0 aromatic heterocycles. The van der Waals surface area contributed by atoms with Crippen LogP contribution in [0.25, 0.3) is 0 Å². The van der Waals surface area contributed by atoms with Crippen LogP contribution in [0.4, 0.5) is 0 Å². The Morgan fingerprint density at radius 3 is 2.62 bits per heavy atom. The molecule has 13 heavy (non-hydrogen) atoms. The molecule has 0 aromatic carbocycles. The summed E-state index contributed by atoms with van der Waals surface area (Å²) in [7, 11) is 1.42. The van der Waals surface area contributed by atoms with Crippen LogP contribution < -0.4 is 5.32 Å². The van der Waals surface area contributed by atoms with Crippen molar-refractivity contribution in [1.82, 2.24) is 5.32 Å². The summed E-state index contributed by atoms with van der Waals surface area (Å²) in [4.78, 5) is 11.1. The monoisotopic (exact) mass is 203 g/mol. The fourth-order valence-electron chi connectivity index (χ4n) is 1.30. The van der Waals surface area contributed by atoms with Gasteiger partial charge >= 0.3 is 5.97 Å². The van der Waals surface area contributed by atoms with E-state index >= 15 is 0 Å². The molecule has 1 saturated heterocycles. The maximum Gasteiger partial charge on any atom is 0.322 e. The van der Waals surface area contributed by atoms with E-state index in [-0.39, 0.29) is 16.8 Å². The molecule has 4 heteroatoms. The van der Waals surface area contributed by atoms with Crippen LogP contribution in [0.2, 0.25) is 0 Å². The summed E-state index contributed by atoms with van der Waals surface area (Å²) in [6.45, 7) is 6.20. The molecule has 1 fully saturated rings. The van der Waals surface area contributed by atoms with Crippen molar-refractivity contribution in [3.05, 3.63) is 0 Å². The normalized spacial score (nSPS) is 27.5. The summed E-state index contributed by atoms with van der Waals surface area (Å²) in [5.41, 5.74) is 0. The Morgan fingerprint density at radius 2 is 2.31 bits per heavy atom. The molecule has 0 radical (unpaired) electrons. The first-order valence-corrected chi connectivity index (χ1v) is 5.44. The lowest BCUT2D eigenvalue weighted by Gasteiger charge is -2.45. The average Bonchev–Trinajstić information content (AvgIpc) is 2.10. The van der Waals surface area contributed by atoms with Crippen LogP contribution in [0.15, 0.2) is 0 Å². The number of ether oxygens (including phenoxy) is 1. The molecule has 1 heterocycles. The first-order valence-electron chi connectivity index (χ1n) is 4.45. The van der Waals surface area contributed by atoms with Crippen LogP contribution in [0.5, 0.6) is 0 Å². The second kappa shape index (κ2) is 3.88. The van der Waals surface area contributed by atoms with Crippen molar-refractivity contribution in [2.75, 3.05) is 12.9 Å². The maximum absolute atomic E-state index is 11.1. The second-order valence-corrected chi connectivity index (χ2v) is 5.55. The summed E-state index contributed by atoms with van der Waals surface area (Å²) in [5.74, 6) is 0.890. The third-order valence-electron chi connectivity index (χ3n) is 2.47. The van der Waals surface area contributed by atoms with Gasteiger partial charge in [-0.3, -0.25) is 10.1 Å². The highest BCUT2D eigenvalue weighted by atomic mass is 32.2. The number of methoxy groups -OCH3 is 1. The minimum absolute atomic E-state index is 0.187. The number of hydrogen-bond donors (Lipinski definition) is 1. The van der Waals surface area contributed by atoms with Crippen molar-refractivity contribution in [3.63, 3.8) is 0 Å². The van der Waals surface area contributed by atoms with Crippen LogP contribution in [0.3, 0.4) is 0 Å². The largest absolute Gasteiger partial charge is 0.468 e. The zero-order chi connectivity index (χ0) is 10.1. The lowest BCUT2D eigenvalue weighted by molar-refractivity contribution is -0.142. The minimum atomic E-state index is -0.199. The van der Waals surface area contributed by atoms with Gasteiger partial charge in [-0.1, -0.05) is 0 Å². The van der Waals surface area contributed by atoms with Gasteiger partial charge in [-0.2, -0.15) is 11.8 Å². The van der Waals surface area contributed by atoms with E-state index < -0.39 is 0 Å². The Bertz CT molecular complexity index is 206. The fourth-order valence-corrected chi connectivity index (χ4v) is 2.46. The molecular weight excluding hydrogens is 186 g/mol. The number of carbonyl (C=O) groups is 1. The van der Waals surface area contributed by atoms with E-state index in [9.17, 15) is 4.79 Å². The Hall–Kier alpha value is -0.220. The van der Waals surface area contributed by atoms with Crippen molar-refractivity contribution in [2.24, 2.45) is 0 Å². The quantitative estimate of drug-likeness (QED) is 0.695. The molecule has 1 N–H and O–H groups in total. The summed E-state index contributed by atoms with van der Waals surface area (Å²) in [6, 6.07) is 0.224. The Morgan fingerprint density at radius 1 is 1.69 bits per heavy atom. The second-order valence-electron chi connectivity index (χ2n) is 3.88. The number of thioether (sulfide) groups is 1. The van der Waals surface area contributed by atoms with Crippen LogP contribution >= 0.6 is 11.8 Å². The first kappa shape index (κ1) is 10.9. The molecule has 0 aromatic rings. The maximum atomic E-state index is 11.1. The van der Waals surface area contributed by atoms with Crippen molar-refractivity contribution >= 4 is 17.7 Å². The Labute approximate surface area is 83.6 Å². The molecule has 1 rings (SSSR count). The van der Waals surface area contributed by atoms with E-state index in [1.54, 1.807) is 0 Å². The number of rotatable bonds is 3. The van der Waals surface area contributed by atoms with Gasteiger partial charge in [-0.15, -0.1) is 0 Å². The average molecular weight is 203 g/mol. The van der Waals surface area contributed by atoms with Crippen molar-refractivity contribution in [3.8, 4) is 0 Å². The number of carbonyl (C=O) groups excluding carboxylic acids is 1. The van der Waals surface area contributed by atoms with Gasteiger partial charge in [0.25, 0.3) is 0 Å². The predicted molar refractivity (Wildman–Crippen MR) is 54.9 cm³/mol. The van der Waals surface area contributed by atoms with Gasteiger partial charge in [0.15, 0.2) is 0 Å². The molecule has 0 amide bonds. The summed E-state index contributed by atoms with van der Waals surface area (Å²) >= 11 is 1.92. The van der Waals surface area contributed by atoms with E-state index in [2.05, 4.69) is 23.9 Å². The molecular formula is C9H17NO2S. The van der Waals surface area contributed by atoms with E-state index in [0.29, 0.717) is 6.04 Å². The summed E-state index contributed by atoms with van der Waals surface area (Å²) < 4.78 is 4.89. The third kappa shape index (κ3) is 2.38. The Kier molecular flexibility index (Phi) is 3.24. The lowest BCUT2D eigenvalue weighted by atomic mass is 10.0. The van der Waals surface area contributed by atoms with Gasteiger partial charge in [-0.25, -0.2) is 0 Å². The molecule has 0 aliphatic carbocycles. The van der Waals surface area contributed by atoms with Gasteiger partial charge in [0.1, 0.15) is 6.04 Å². The molecule has 0 bridgehead atoms. The SMILES string of the molecule is COC(=O)C(C)NC1CSC1(C)C. The molecule has 0 saturated carbocycles. The predicted octanol–water partition coefficient (Wildman–Crippen LogP) is 1.03. The van der Waals surface area contributed by atoms with E-state index in [4.69, 9.17) is 0 Å². The zero-order valence-corrected chi connectivity index (χ0v) is 9.40. The standard InChI is InChI=1S/C9H17NO2S/c1-6(8(11)12-4)10-7-5-13-9(7,2)3/h6-7,10H,5H2,1-4H3. The smallest absolute Gasteiger partial charge is 0.322 e. The van der Waals surface area contributed by atoms with Gasteiger partial charge in [0.05, 0.1) is 7.11 Å². The van der Waals surface area contributed by atoms with Crippen molar-refractivity contribution in [1.29, 1.82) is 0 Å². The summed E-state index contributed by atoms with van der Waals surface area (Å²) in [5, 5.41) is 3.26. The highest BCUT2D eigenvalue weighted by Crippen LogP contribution is 2.40. The minimum Gasteiger partial charge on any atom is -0.468 e. The van der Waals surface area contributed by atoms with Gasteiger partial charge < -0.3 is 4.74 Å². The van der Waals surface area contributed by atoms with Gasteiger partial charge in [-0.05, 0) is 20.8 Å². The van der Waals surface area contributed by atoms with E-state index in [1.807, 2.05) is 18.7 Å². The molecule has 0 spiro atoms. The highest BCUT2D eigenvalue weighted by molar-refractivity contribution is 8.02. The van der Waals surface area contributed by atoms with Crippen LogP contribution in [0, 0.1) is 0 Å².